The number of carboxylic acid groups (broad SMARTS) is 2. The third-order valence-electron chi connectivity index (χ3n) is 4.43. The van der Waals surface area contributed by atoms with Crippen molar-refractivity contribution in [2.75, 3.05) is 6.54 Å². The molecule has 0 spiro atoms. The molecule has 0 radical (unpaired) electrons. The van der Waals surface area contributed by atoms with Crippen LogP contribution in [-0.4, -0.2) is 46.7 Å². The van der Waals surface area contributed by atoms with Crippen LogP contribution in [0.1, 0.15) is 34.3 Å². The zero-order valence-corrected chi connectivity index (χ0v) is 17.0. The van der Waals surface area contributed by atoms with Gasteiger partial charge in [0.1, 0.15) is 18.5 Å². The molecule has 0 aromatic heterocycles. The lowest BCUT2D eigenvalue weighted by atomic mass is 10.1. The second-order valence-corrected chi connectivity index (χ2v) is 6.84. The van der Waals surface area contributed by atoms with Gasteiger partial charge in [-0.2, -0.15) is 0 Å². The van der Waals surface area contributed by atoms with Crippen molar-refractivity contribution in [3.63, 3.8) is 0 Å². The number of ether oxygens (including phenoxy) is 1. The Hall–Kier alpha value is -3.95. The second kappa shape index (κ2) is 12.0. The van der Waals surface area contributed by atoms with E-state index in [0.717, 1.165) is 5.56 Å². The summed E-state index contributed by atoms with van der Waals surface area (Å²) < 4.78 is 17.8. The average molecular weight is 446 g/mol. The van der Waals surface area contributed by atoms with Gasteiger partial charge in [-0.25, -0.2) is 18.8 Å². The fourth-order valence-corrected chi connectivity index (χ4v) is 2.67. The quantitative estimate of drug-likeness (QED) is 0.307. The number of nitrogens with one attached hydrogen (secondary N) is 2. The summed E-state index contributed by atoms with van der Waals surface area (Å²) in [5.41, 5.74) is 1.59. The van der Waals surface area contributed by atoms with Gasteiger partial charge in [0.05, 0.1) is 5.56 Å². The van der Waals surface area contributed by atoms with Crippen LogP contribution in [0, 0.1) is 0 Å². The summed E-state index contributed by atoms with van der Waals surface area (Å²) in [5, 5.41) is 22.4. The van der Waals surface area contributed by atoms with Gasteiger partial charge in [0.2, 0.25) is 0 Å². The lowest BCUT2D eigenvalue weighted by Crippen LogP contribution is -2.46. The summed E-state index contributed by atoms with van der Waals surface area (Å²) in [6.07, 6.45) is -0.172. The predicted octanol–water partition coefficient (Wildman–Crippen LogP) is 2.54. The molecule has 0 aliphatic rings. The Balaban J connectivity index is 1.78. The summed E-state index contributed by atoms with van der Waals surface area (Å²) in [5.74, 6) is -2.72. The van der Waals surface area contributed by atoms with Crippen LogP contribution in [-0.2, 0) is 22.7 Å². The number of carbonyl (C=O) groups excluding carboxylic acids is 2. The van der Waals surface area contributed by atoms with Crippen LogP contribution in [0.5, 0.6) is 5.75 Å². The molecule has 9 nitrogen and oxygen atoms in total. The maximum atomic E-state index is 12.5. The van der Waals surface area contributed by atoms with Crippen molar-refractivity contribution in [2.45, 2.75) is 32.0 Å². The van der Waals surface area contributed by atoms with E-state index in [1.54, 1.807) is 24.3 Å². The molecule has 0 fully saturated rings. The number of carbonyl (C=O) groups is 4. The van der Waals surface area contributed by atoms with Gasteiger partial charge in [0.25, 0.3) is 0 Å². The van der Waals surface area contributed by atoms with Crippen molar-refractivity contribution in [1.29, 1.82) is 0 Å². The minimum atomic E-state index is -1.31. The number of amides is 2. The topological polar surface area (TPSA) is 142 Å². The molecule has 0 bridgehead atoms. The molecule has 0 saturated carbocycles. The molecule has 1 atom stereocenters. The lowest BCUT2D eigenvalue weighted by molar-refractivity contribution is -0.140. The van der Waals surface area contributed by atoms with Crippen LogP contribution in [0.2, 0.25) is 0 Å². The number of esters is 1. The number of rotatable bonds is 11. The van der Waals surface area contributed by atoms with Crippen LogP contribution < -0.4 is 15.4 Å². The summed E-state index contributed by atoms with van der Waals surface area (Å²) in [6.45, 7) is -0.407. The molecular formula is C22H23FN2O7. The first-order chi connectivity index (χ1) is 15.3. The summed E-state index contributed by atoms with van der Waals surface area (Å²) >= 11 is 0. The summed E-state index contributed by atoms with van der Waals surface area (Å²) in [7, 11) is 0. The third kappa shape index (κ3) is 8.05. The van der Waals surface area contributed by atoms with Crippen molar-refractivity contribution in [3.05, 3.63) is 65.2 Å². The Morgan fingerprint density at radius 2 is 1.56 bits per heavy atom. The smallest absolute Gasteiger partial charge is 0.343 e. The molecule has 0 unspecified atom stereocenters. The Labute approximate surface area is 183 Å². The molecule has 0 aliphatic heterocycles. The van der Waals surface area contributed by atoms with E-state index in [4.69, 9.17) is 14.9 Å². The number of halogens is 1. The molecule has 0 heterocycles. The zero-order chi connectivity index (χ0) is 23.5. The van der Waals surface area contributed by atoms with Gasteiger partial charge >= 0.3 is 23.9 Å². The van der Waals surface area contributed by atoms with E-state index >= 15 is 0 Å². The highest BCUT2D eigenvalue weighted by Crippen LogP contribution is 2.15. The van der Waals surface area contributed by atoms with E-state index in [1.807, 2.05) is 0 Å². The summed E-state index contributed by atoms with van der Waals surface area (Å²) in [6, 6.07) is 10.6. The van der Waals surface area contributed by atoms with E-state index in [1.165, 1.54) is 24.3 Å². The highest BCUT2D eigenvalue weighted by molar-refractivity contribution is 5.91. The Morgan fingerprint density at radius 1 is 0.938 bits per heavy atom. The Morgan fingerprint density at radius 3 is 2.12 bits per heavy atom. The maximum Gasteiger partial charge on any atom is 0.343 e. The molecular weight excluding hydrogens is 423 g/mol. The second-order valence-electron chi connectivity index (χ2n) is 6.84. The van der Waals surface area contributed by atoms with E-state index in [-0.39, 0.29) is 19.4 Å². The van der Waals surface area contributed by atoms with Gasteiger partial charge in [-0.15, -0.1) is 0 Å². The zero-order valence-electron chi connectivity index (χ0n) is 17.0. The summed E-state index contributed by atoms with van der Waals surface area (Å²) in [4.78, 5) is 45.6. The molecule has 32 heavy (non-hydrogen) atoms. The van der Waals surface area contributed by atoms with E-state index in [9.17, 15) is 23.6 Å². The number of aliphatic carboxylic acids is 2. The highest BCUT2D eigenvalue weighted by Gasteiger charge is 2.20. The standard InChI is InChI=1S/C22H23FN2O7/c23-13-15-1-5-16(6-2-15)21(30)32-17-7-3-14(4-8-17)11-12-24-22(31)25-18(20(28)29)9-10-19(26)27/h1-8,18H,9-13H2,(H,26,27)(H,28,29)(H2,24,25,31)/t18-/m0/s1. The van der Waals surface area contributed by atoms with Crippen LogP contribution >= 0.6 is 0 Å². The Bertz CT molecular complexity index is 946. The highest BCUT2D eigenvalue weighted by atomic mass is 19.1. The minimum absolute atomic E-state index is 0.206. The van der Waals surface area contributed by atoms with Crippen LogP contribution in [0.4, 0.5) is 9.18 Å². The van der Waals surface area contributed by atoms with Gasteiger partial charge in [-0.05, 0) is 48.2 Å². The number of benzene rings is 2. The first kappa shape index (κ1) is 24.3. The normalized spacial score (nSPS) is 11.3. The SMILES string of the molecule is O=C(O)CC[C@H](NC(=O)NCCc1ccc(OC(=O)c2ccc(CF)cc2)cc1)C(=O)O. The molecule has 0 saturated heterocycles. The number of hydrogen-bond acceptors (Lipinski definition) is 5. The fraction of sp³-hybridized carbons (Fsp3) is 0.273. The fourth-order valence-electron chi connectivity index (χ4n) is 2.67. The molecule has 4 N–H and O–H groups in total. The maximum absolute atomic E-state index is 12.5. The Kier molecular flexibility index (Phi) is 9.15. The van der Waals surface area contributed by atoms with E-state index in [0.29, 0.717) is 23.3 Å². The molecule has 10 heteroatoms. The number of urea groups is 1. The van der Waals surface area contributed by atoms with Crippen LogP contribution in [0.3, 0.4) is 0 Å². The lowest BCUT2D eigenvalue weighted by Gasteiger charge is -2.14. The van der Waals surface area contributed by atoms with Crippen molar-refractivity contribution >= 4 is 23.9 Å². The van der Waals surface area contributed by atoms with Crippen molar-refractivity contribution in [2.24, 2.45) is 0 Å². The molecule has 0 aliphatic carbocycles. The third-order valence-corrected chi connectivity index (χ3v) is 4.43. The average Bonchev–Trinajstić information content (AvgIpc) is 2.77. The molecule has 2 aromatic carbocycles. The number of carboxylic acids is 2. The molecule has 2 aromatic rings. The largest absolute Gasteiger partial charge is 0.481 e. The van der Waals surface area contributed by atoms with Crippen molar-refractivity contribution in [1.82, 2.24) is 10.6 Å². The molecule has 2 amide bonds. The first-order valence-electron chi connectivity index (χ1n) is 9.73. The van der Waals surface area contributed by atoms with Crippen LogP contribution in [0.25, 0.3) is 0 Å². The van der Waals surface area contributed by atoms with Gasteiger partial charge in [0, 0.05) is 13.0 Å². The molecule has 2 rings (SSSR count). The minimum Gasteiger partial charge on any atom is -0.481 e. The van der Waals surface area contributed by atoms with Crippen molar-refractivity contribution < 1.29 is 38.5 Å². The van der Waals surface area contributed by atoms with E-state index in [2.05, 4.69) is 10.6 Å². The van der Waals surface area contributed by atoms with E-state index < -0.39 is 36.7 Å². The van der Waals surface area contributed by atoms with Crippen molar-refractivity contribution in [3.8, 4) is 5.75 Å². The monoisotopic (exact) mass is 446 g/mol. The van der Waals surface area contributed by atoms with Gasteiger partial charge in [-0.3, -0.25) is 4.79 Å². The predicted molar refractivity (Wildman–Crippen MR) is 111 cm³/mol. The molecule has 170 valence electrons. The van der Waals surface area contributed by atoms with Gasteiger partial charge in [-0.1, -0.05) is 24.3 Å². The number of alkyl halides is 1. The van der Waals surface area contributed by atoms with Crippen LogP contribution in [0.15, 0.2) is 48.5 Å². The number of hydrogen-bond donors (Lipinski definition) is 4. The van der Waals surface area contributed by atoms with Gasteiger partial charge < -0.3 is 25.6 Å². The first-order valence-corrected chi connectivity index (χ1v) is 9.73. The van der Waals surface area contributed by atoms with Gasteiger partial charge in [0.15, 0.2) is 0 Å².